The minimum Gasteiger partial charge on any atom is -0.378 e. The van der Waals surface area contributed by atoms with Crippen LogP contribution in [0.2, 0.25) is 0 Å². The first-order chi connectivity index (χ1) is 12.3. The Bertz CT molecular complexity index is 999. The van der Waals surface area contributed by atoms with Crippen molar-refractivity contribution >= 4 is 28.3 Å². The molecule has 2 heterocycles. The van der Waals surface area contributed by atoms with E-state index in [0.717, 1.165) is 39.4 Å². The molecule has 0 aliphatic carbocycles. The Morgan fingerprint density at radius 3 is 2.46 bits per heavy atom. The fourth-order valence-corrected chi connectivity index (χ4v) is 3.70. The summed E-state index contributed by atoms with van der Waals surface area (Å²) in [4.78, 5) is 24.8. The maximum atomic E-state index is 12.7. The summed E-state index contributed by atoms with van der Waals surface area (Å²) in [6, 6.07) is 12.4. The molecule has 1 aliphatic heterocycles. The second-order valence-corrected chi connectivity index (χ2v) is 7.59. The topological polar surface area (TPSA) is 52.2 Å². The molecule has 0 saturated carbocycles. The van der Waals surface area contributed by atoms with Crippen LogP contribution in [-0.2, 0) is 10.2 Å². The maximum Gasteiger partial charge on any atom is 0.237 e. The minimum absolute atomic E-state index is 0.155. The van der Waals surface area contributed by atoms with Crippen molar-refractivity contribution in [2.45, 2.75) is 26.2 Å². The SMILES string of the molecule is CCN1C(=O)C(C)(C)c2cc3[nH]c(-c4ccc(N(C)C)cc4)nc3cc21. The number of carbonyl (C=O) groups excluding carboxylic acids is 1. The third-order valence-electron chi connectivity index (χ3n) is 5.32. The predicted octanol–water partition coefficient (Wildman–Crippen LogP) is 3.94. The van der Waals surface area contributed by atoms with Crippen molar-refractivity contribution in [3.63, 3.8) is 0 Å². The van der Waals surface area contributed by atoms with E-state index < -0.39 is 5.41 Å². The lowest BCUT2D eigenvalue weighted by Gasteiger charge is -2.18. The summed E-state index contributed by atoms with van der Waals surface area (Å²) >= 11 is 0. The van der Waals surface area contributed by atoms with Gasteiger partial charge in [0.25, 0.3) is 0 Å². The van der Waals surface area contributed by atoms with Gasteiger partial charge in [-0.2, -0.15) is 0 Å². The van der Waals surface area contributed by atoms with Gasteiger partial charge in [-0.15, -0.1) is 0 Å². The highest BCUT2D eigenvalue weighted by molar-refractivity contribution is 6.09. The number of nitrogens with zero attached hydrogens (tertiary/aromatic N) is 3. The Labute approximate surface area is 153 Å². The summed E-state index contributed by atoms with van der Waals surface area (Å²) in [5.74, 6) is 1.00. The lowest BCUT2D eigenvalue weighted by atomic mass is 9.86. The van der Waals surface area contributed by atoms with Crippen molar-refractivity contribution in [2.24, 2.45) is 0 Å². The van der Waals surface area contributed by atoms with Crippen LogP contribution < -0.4 is 9.80 Å². The van der Waals surface area contributed by atoms with Crippen LogP contribution in [0.1, 0.15) is 26.3 Å². The van der Waals surface area contributed by atoms with Crippen molar-refractivity contribution in [1.82, 2.24) is 9.97 Å². The molecule has 1 amide bonds. The smallest absolute Gasteiger partial charge is 0.237 e. The first-order valence-electron chi connectivity index (χ1n) is 8.97. The molecule has 0 radical (unpaired) electrons. The third kappa shape index (κ3) is 2.30. The van der Waals surface area contributed by atoms with E-state index in [2.05, 4.69) is 40.2 Å². The predicted molar refractivity (Wildman–Crippen MR) is 107 cm³/mol. The molecule has 0 saturated heterocycles. The van der Waals surface area contributed by atoms with Gasteiger partial charge >= 0.3 is 0 Å². The number of aromatic amines is 1. The number of hydrogen-bond donors (Lipinski definition) is 1. The molecule has 0 bridgehead atoms. The number of aromatic nitrogens is 2. The highest BCUT2D eigenvalue weighted by Crippen LogP contribution is 2.43. The zero-order chi connectivity index (χ0) is 18.6. The molecule has 0 spiro atoms. The molecular weight excluding hydrogens is 324 g/mol. The molecule has 0 unspecified atom stereocenters. The van der Waals surface area contributed by atoms with Gasteiger partial charge in [0.1, 0.15) is 5.82 Å². The molecule has 4 rings (SSSR count). The van der Waals surface area contributed by atoms with Crippen LogP contribution in [0.5, 0.6) is 0 Å². The lowest BCUT2D eigenvalue weighted by Crippen LogP contribution is -2.35. The highest BCUT2D eigenvalue weighted by atomic mass is 16.2. The number of rotatable bonds is 3. The van der Waals surface area contributed by atoms with Crippen LogP contribution in [0, 0.1) is 0 Å². The second kappa shape index (κ2) is 5.59. The normalized spacial score (nSPS) is 15.6. The van der Waals surface area contributed by atoms with Crippen molar-refractivity contribution in [1.29, 1.82) is 0 Å². The molecule has 0 atom stereocenters. The molecule has 1 aromatic heterocycles. The molecule has 5 nitrogen and oxygen atoms in total. The Morgan fingerprint density at radius 2 is 1.85 bits per heavy atom. The number of H-pyrrole nitrogens is 1. The van der Waals surface area contributed by atoms with E-state index in [1.165, 1.54) is 0 Å². The van der Waals surface area contributed by atoms with Gasteiger partial charge in [0.05, 0.1) is 22.1 Å². The fraction of sp³-hybridized carbons (Fsp3) is 0.333. The Balaban J connectivity index is 1.81. The van der Waals surface area contributed by atoms with Crippen molar-refractivity contribution < 1.29 is 4.79 Å². The van der Waals surface area contributed by atoms with E-state index in [9.17, 15) is 4.79 Å². The largest absolute Gasteiger partial charge is 0.378 e. The summed E-state index contributed by atoms with van der Waals surface area (Å²) in [5.41, 5.74) is 5.61. The quantitative estimate of drug-likeness (QED) is 0.780. The number of nitrogens with one attached hydrogen (secondary N) is 1. The lowest BCUT2D eigenvalue weighted by molar-refractivity contribution is -0.122. The number of benzene rings is 2. The van der Waals surface area contributed by atoms with Crippen LogP contribution in [0.4, 0.5) is 11.4 Å². The van der Waals surface area contributed by atoms with E-state index in [-0.39, 0.29) is 5.91 Å². The number of anilines is 2. The number of hydrogen-bond acceptors (Lipinski definition) is 3. The van der Waals surface area contributed by atoms with Gasteiger partial charge in [0, 0.05) is 31.9 Å². The molecule has 26 heavy (non-hydrogen) atoms. The molecule has 2 aromatic carbocycles. The number of amides is 1. The van der Waals surface area contributed by atoms with E-state index in [4.69, 9.17) is 4.98 Å². The number of imidazole rings is 1. The molecule has 1 aliphatic rings. The van der Waals surface area contributed by atoms with Gasteiger partial charge in [-0.1, -0.05) is 0 Å². The third-order valence-corrected chi connectivity index (χ3v) is 5.32. The van der Waals surface area contributed by atoms with Gasteiger partial charge in [-0.05, 0) is 62.7 Å². The molecule has 5 heteroatoms. The van der Waals surface area contributed by atoms with Gasteiger partial charge in [0.15, 0.2) is 0 Å². The van der Waals surface area contributed by atoms with Crippen molar-refractivity contribution in [2.75, 3.05) is 30.4 Å². The minimum atomic E-state index is -0.502. The van der Waals surface area contributed by atoms with Gasteiger partial charge < -0.3 is 14.8 Å². The summed E-state index contributed by atoms with van der Waals surface area (Å²) < 4.78 is 0. The standard InChI is InChI=1S/C21H24N4O/c1-6-25-18-12-17-16(11-15(18)21(2,3)20(25)26)22-19(23-17)13-7-9-14(10-8-13)24(4)5/h7-12H,6H2,1-5H3,(H,22,23). The van der Waals surface area contributed by atoms with E-state index in [1.54, 1.807) is 0 Å². The average molecular weight is 348 g/mol. The van der Waals surface area contributed by atoms with E-state index in [0.29, 0.717) is 6.54 Å². The Kier molecular flexibility index (Phi) is 3.58. The zero-order valence-corrected chi connectivity index (χ0v) is 15.9. The Hall–Kier alpha value is -2.82. The number of fused-ring (bicyclic) bond motifs is 2. The van der Waals surface area contributed by atoms with Crippen molar-refractivity contribution in [3.8, 4) is 11.4 Å². The number of carbonyl (C=O) groups is 1. The van der Waals surface area contributed by atoms with E-state index >= 15 is 0 Å². The molecule has 1 N–H and O–H groups in total. The van der Waals surface area contributed by atoms with Gasteiger partial charge in [-0.25, -0.2) is 4.98 Å². The van der Waals surface area contributed by atoms with Crippen LogP contribution in [0.25, 0.3) is 22.4 Å². The maximum absolute atomic E-state index is 12.7. The average Bonchev–Trinajstić information content (AvgIpc) is 3.11. The van der Waals surface area contributed by atoms with Crippen LogP contribution >= 0.6 is 0 Å². The number of likely N-dealkylation sites (N-methyl/N-ethyl adjacent to an activating group) is 1. The highest BCUT2D eigenvalue weighted by Gasteiger charge is 2.43. The van der Waals surface area contributed by atoms with Gasteiger partial charge in [0.2, 0.25) is 5.91 Å². The van der Waals surface area contributed by atoms with Crippen LogP contribution in [0.15, 0.2) is 36.4 Å². The summed E-state index contributed by atoms with van der Waals surface area (Å²) in [6.45, 7) is 6.67. The summed E-state index contributed by atoms with van der Waals surface area (Å²) in [6.07, 6.45) is 0. The fourth-order valence-electron chi connectivity index (χ4n) is 3.70. The monoisotopic (exact) mass is 348 g/mol. The molecule has 134 valence electrons. The van der Waals surface area contributed by atoms with E-state index in [1.807, 2.05) is 45.8 Å². The molecule has 0 fully saturated rings. The summed E-state index contributed by atoms with van der Waals surface area (Å²) in [5, 5.41) is 0. The van der Waals surface area contributed by atoms with Crippen molar-refractivity contribution in [3.05, 3.63) is 42.0 Å². The first kappa shape index (κ1) is 16.6. The Morgan fingerprint density at radius 1 is 1.15 bits per heavy atom. The second-order valence-electron chi connectivity index (χ2n) is 7.59. The van der Waals surface area contributed by atoms with Crippen LogP contribution in [0.3, 0.4) is 0 Å². The zero-order valence-electron chi connectivity index (χ0n) is 15.9. The molecular formula is C21H24N4O. The summed E-state index contributed by atoms with van der Waals surface area (Å²) in [7, 11) is 4.06. The first-order valence-corrected chi connectivity index (χ1v) is 8.97. The molecule has 3 aromatic rings. The van der Waals surface area contributed by atoms with Gasteiger partial charge in [-0.3, -0.25) is 4.79 Å². The van der Waals surface area contributed by atoms with Crippen LogP contribution in [-0.4, -0.2) is 36.5 Å².